The van der Waals surface area contributed by atoms with Gasteiger partial charge in [-0.1, -0.05) is 0 Å². The Bertz CT molecular complexity index is 591. The number of hydrogen-bond donors (Lipinski definition) is 1. The number of anilines is 1. The summed E-state index contributed by atoms with van der Waals surface area (Å²) < 4.78 is 5.10. The van der Waals surface area contributed by atoms with Gasteiger partial charge in [-0.15, -0.1) is 0 Å². The maximum absolute atomic E-state index is 11.6. The Morgan fingerprint density at radius 2 is 2.30 bits per heavy atom. The molecule has 2 aromatic rings. The summed E-state index contributed by atoms with van der Waals surface area (Å²) in [5.74, 6) is 1.05. The smallest absolute Gasteiger partial charge is 0.244 e. The Balaban J connectivity index is 1.88. The maximum atomic E-state index is 11.6. The second kappa shape index (κ2) is 6.51. The van der Waals surface area contributed by atoms with Gasteiger partial charge in [0.25, 0.3) is 0 Å². The van der Waals surface area contributed by atoms with Gasteiger partial charge in [0, 0.05) is 26.4 Å². The molecule has 0 fully saturated rings. The summed E-state index contributed by atoms with van der Waals surface area (Å²) in [5, 5.41) is 2.75. The minimum atomic E-state index is -0.202. The van der Waals surface area contributed by atoms with Crippen molar-refractivity contribution < 1.29 is 9.21 Å². The summed E-state index contributed by atoms with van der Waals surface area (Å²) >= 11 is 0. The van der Waals surface area contributed by atoms with Gasteiger partial charge in [-0.05, 0) is 24.3 Å². The average Bonchev–Trinajstić information content (AvgIpc) is 2.96. The molecule has 20 heavy (non-hydrogen) atoms. The zero-order valence-corrected chi connectivity index (χ0v) is 11.4. The quantitative estimate of drug-likeness (QED) is 0.834. The van der Waals surface area contributed by atoms with Gasteiger partial charge in [-0.25, -0.2) is 9.97 Å². The third kappa shape index (κ3) is 3.94. The van der Waals surface area contributed by atoms with E-state index in [0.717, 1.165) is 5.69 Å². The third-order valence-corrected chi connectivity index (χ3v) is 2.49. The van der Waals surface area contributed by atoms with Crippen molar-refractivity contribution in [1.29, 1.82) is 0 Å². The number of nitrogens with zero attached hydrogens (tertiary/aromatic N) is 3. The van der Waals surface area contributed by atoms with Crippen molar-refractivity contribution in [3.05, 3.63) is 48.2 Å². The van der Waals surface area contributed by atoms with Crippen LogP contribution in [-0.4, -0.2) is 30.0 Å². The maximum Gasteiger partial charge on any atom is 0.244 e. The highest BCUT2D eigenvalue weighted by Gasteiger charge is 2.02. The minimum Gasteiger partial charge on any atom is -0.465 e. The van der Waals surface area contributed by atoms with Crippen LogP contribution in [0.3, 0.4) is 0 Å². The molecule has 1 amide bonds. The Hall–Kier alpha value is -2.63. The molecule has 104 valence electrons. The van der Waals surface area contributed by atoms with Crippen LogP contribution < -0.4 is 10.2 Å². The van der Waals surface area contributed by atoms with Crippen molar-refractivity contribution in [3.63, 3.8) is 0 Å². The lowest BCUT2D eigenvalue weighted by Crippen LogP contribution is -2.22. The van der Waals surface area contributed by atoms with Crippen LogP contribution in [0.2, 0.25) is 0 Å². The highest BCUT2D eigenvalue weighted by molar-refractivity contribution is 5.91. The molecule has 6 nitrogen and oxygen atoms in total. The molecule has 0 aliphatic carbocycles. The van der Waals surface area contributed by atoms with E-state index in [0.29, 0.717) is 18.3 Å². The fourth-order valence-corrected chi connectivity index (χ4v) is 1.48. The first-order chi connectivity index (χ1) is 9.65. The molecule has 0 aliphatic rings. The third-order valence-electron chi connectivity index (χ3n) is 2.49. The number of hydrogen-bond acceptors (Lipinski definition) is 5. The summed E-state index contributed by atoms with van der Waals surface area (Å²) in [6, 6.07) is 5.31. The van der Waals surface area contributed by atoms with Crippen molar-refractivity contribution in [2.24, 2.45) is 0 Å². The first-order valence-electron chi connectivity index (χ1n) is 6.14. The second-order valence-electron chi connectivity index (χ2n) is 4.31. The van der Waals surface area contributed by atoms with E-state index in [1.165, 1.54) is 6.08 Å². The molecule has 0 bridgehead atoms. The molecule has 1 N–H and O–H groups in total. The molecule has 0 radical (unpaired) electrons. The number of amides is 1. The summed E-state index contributed by atoms with van der Waals surface area (Å²) in [6.07, 6.45) is 6.26. The lowest BCUT2D eigenvalue weighted by atomic mass is 10.3. The van der Waals surface area contributed by atoms with E-state index in [2.05, 4.69) is 15.3 Å². The molecule has 2 aromatic heterocycles. The number of rotatable bonds is 5. The van der Waals surface area contributed by atoms with E-state index in [-0.39, 0.29) is 5.91 Å². The van der Waals surface area contributed by atoms with Gasteiger partial charge in [0.05, 0.1) is 18.5 Å². The zero-order chi connectivity index (χ0) is 14.4. The van der Waals surface area contributed by atoms with Crippen LogP contribution in [0.4, 0.5) is 5.95 Å². The van der Waals surface area contributed by atoms with Crippen molar-refractivity contribution >= 4 is 17.9 Å². The molecule has 0 aromatic carbocycles. The Morgan fingerprint density at radius 1 is 1.45 bits per heavy atom. The SMILES string of the molecule is CN(C)c1nccc(CNC(=O)/C=C/c2ccco2)n1. The Morgan fingerprint density at radius 3 is 3.00 bits per heavy atom. The molecule has 2 rings (SSSR count). The van der Waals surface area contributed by atoms with Crippen LogP contribution in [0, 0.1) is 0 Å². The topological polar surface area (TPSA) is 71.3 Å². The van der Waals surface area contributed by atoms with E-state index < -0.39 is 0 Å². The molecule has 6 heteroatoms. The fourth-order valence-electron chi connectivity index (χ4n) is 1.48. The van der Waals surface area contributed by atoms with E-state index in [1.807, 2.05) is 19.0 Å². The number of carbonyl (C=O) groups excluding carboxylic acids is 1. The second-order valence-corrected chi connectivity index (χ2v) is 4.31. The van der Waals surface area contributed by atoms with E-state index >= 15 is 0 Å². The van der Waals surface area contributed by atoms with Crippen LogP contribution >= 0.6 is 0 Å². The molecule has 0 aliphatic heterocycles. The minimum absolute atomic E-state index is 0.202. The van der Waals surface area contributed by atoms with Crippen LogP contribution in [0.5, 0.6) is 0 Å². The van der Waals surface area contributed by atoms with Crippen LogP contribution in [-0.2, 0) is 11.3 Å². The lowest BCUT2D eigenvalue weighted by Gasteiger charge is -2.10. The van der Waals surface area contributed by atoms with Gasteiger partial charge in [-0.2, -0.15) is 0 Å². The highest BCUT2D eigenvalue weighted by atomic mass is 16.3. The van der Waals surface area contributed by atoms with Gasteiger partial charge in [0.1, 0.15) is 5.76 Å². The summed E-state index contributed by atoms with van der Waals surface area (Å²) in [5.41, 5.74) is 0.753. The zero-order valence-electron chi connectivity index (χ0n) is 11.4. The van der Waals surface area contributed by atoms with Crippen LogP contribution in [0.25, 0.3) is 6.08 Å². The first-order valence-corrected chi connectivity index (χ1v) is 6.14. The van der Waals surface area contributed by atoms with Gasteiger partial charge in [0.15, 0.2) is 0 Å². The summed E-state index contributed by atoms with van der Waals surface area (Å²) in [7, 11) is 3.73. The summed E-state index contributed by atoms with van der Waals surface area (Å²) in [4.78, 5) is 21.9. The first kappa shape index (κ1) is 13.8. The molecule has 0 unspecified atom stereocenters. The lowest BCUT2D eigenvalue weighted by molar-refractivity contribution is -0.116. The number of carbonyl (C=O) groups is 1. The normalized spacial score (nSPS) is 10.7. The van der Waals surface area contributed by atoms with E-state index in [4.69, 9.17) is 4.42 Å². The predicted octanol–water partition coefficient (Wildman–Crippen LogP) is 1.47. The molecule has 0 atom stereocenters. The van der Waals surface area contributed by atoms with Gasteiger partial charge < -0.3 is 14.6 Å². The molecular formula is C14H16N4O2. The molecular weight excluding hydrogens is 256 g/mol. The predicted molar refractivity (Wildman–Crippen MR) is 75.9 cm³/mol. The Labute approximate surface area is 117 Å². The largest absolute Gasteiger partial charge is 0.465 e. The van der Waals surface area contributed by atoms with E-state index in [9.17, 15) is 4.79 Å². The fraction of sp³-hybridized carbons (Fsp3) is 0.214. The number of nitrogens with one attached hydrogen (secondary N) is 1. The molecule has 2 heterocycles. The monoisotopic (exact) mass is 272 g/mol. The number of furan rings is 1. The van der Waals surface area contributed by atoms with Gasteiger partial charge in [0.2, 0.25) is 11.9 Å². The number of aromatic nitrogens is 2. The van der Waals surface area contributed by atoms with Crippen LogP contribution in [0.1, 0.15) is 11.5 Å². The summed E-state index contributed by atoms with van der Waals surface area (Å²) in [6.45, 7) is 0.352. The molecule has 0 saturated carbocycles. The molecule has 0 spiro atoms. The van der Waals surface area contributed by atoms with Crippen molar-refractivity contribution in [1.82, 2.24) is 15.3 Å². The van der Waals surface area contributed by atoms with Crippen molar-refractivity contribution in [3.8, 4) is 0 Å². The molecule has 0 saturated heterocycles. The highest BCUT2D eigenvalue weighted by Crippen LogP contribution is 2.04. The van der Waals surface area contributed by atoms with Gasteiger partial charge in [-0.3, -0.25) is 4.79 Å². The van der Waals surface area contributed by atoms with E-state index in [1.54, 1.807) is 36.7 Å². The van der Waals surface area contributed by atoms with Crippen LogP contribution in [0.15, 0.2) is 41.2 Å². The standard InChI is InChI=1S/C14H16N4O2/c1-18(2)14-15-8-7-11(17-14)10-16-13(19)6-5-12-4-3-9-20-12/h3-9H,10H2,1-2H3,(H,16,19)/b6-5+. The average molecular weight is 272 g/mol. The van der Waals surface area contributed by atoms with Crippen molar-refractivity contribution in [2.75, 3.05) is 19.0 Å². The Kier molecular flexibility index (Phi) is 4.49. The van der Waals surface area contributed by atoms with Gasteiger partial charge >= 0.3 is 0 Å². The van der Waals surface area contributed by atoms with Crippen molar-refractivity contribution in [2.45, 2.75) is 6.54 Å².